The van der Waals surface area contributed by atoms with Gasteiger partial charge in [-0.1, -0.05) is 13.0 Å². The number of hydrogen-bond donors (Lipinski definition) is 1. The summed E-state index contributed by atoms with van der Waals surface area (Å²) in [4.78, 5) is 11.5. The molecule has 1 aliphatic rings. The molecule has 1 aromatic carbocycles. The zero-order valence-electron chi connectivity index (χ0n) is 16.1. The fraction of sp³-hybridized carbons (Fsp3) is 0.500. The van der Waals surface area contributed by atoms with E-state index in [1.165, 1.54) is 12.8 Å². The number of benzene rings is 1. The van der Waals surface area contributed by atoms with Gasteiger partial charge in [0.15, 0.2) is 11.5 Å². The second kappa shape index (κ2) is 8.25. The van der Waals surface area contributed by atoms with Crippen LogP contribution in [0.4, 0.5) is 11.6 Å². The Kier molecular flexibility index (Phi) is 5.81. The lowest BCUT2D eigenvalue weighted by molar-refractivity contribution is 0.354. The maximum Gasteiger partial charge on any atom is 0.161 e. The molecule has 0 bridgehead atoms. The summed E-state index contributed by atoms with van der Waals surface area (Å²) in [7, 11) is 3.29. The van der Waals surface area contributed by atoms with Crippen LogP contribution in [0.1, 0.15) is 31.2 Å². The Hall–Kier alpha value is -2.50. The molecular weight excluding hydrogens is 328 g/mol. The number of aromatic nitrogens is 2. The number of anilines is 2. The number of nitrogens with zero attached hydrogens (tertiary/aromatic N) is 3. The molecule has 26 heavy (non-hydrogen) atoms. The molecule has 0 aliphatic carbocycles. The Balaban J connectivity index is 1.72. The van der Waals surface area contributed by atoms with E-state index in [9.17, 15) is 0 Å². The maximum atomic E-state index is 5.37. The average Bonchev–Trinajstić information content (AvgIpc) is 2.65. The molecule has 1 atom stereocenters. The Morgan fingerprint density at radius 3 is 2.69 bits per heavy atom. The van der Waals surface area contributed by atoms with Gasteiger partial charge in [0.05, 0.1) is 14.2 Å². The minimum absolute atomic E-state index is 0.659. The highest BCUT2D eigenvalue weighted by molar-refractivity contribution is 5.50. The summed E-state index contributed by atoms with van der Waals surface area (Å²) >= 11 is 0. The first-order chi connectivity index (χ1) is 12.6. The Labute approximate surface area is 155 Å². The summed E-state index contributed by atoms with van der Waals surface area (Å²) in [5.74, 6) is 4.82. The third-order valence-corrected chi connectivity index (χ3v) is 4.73. The topological polar surface area (TPSA) is 59.5 Å². The van der Waals surface area contributed by atoms with Crippen molar-refractivity contribution in [2.45, 2.75) is 33.2 Å². The minimum Gasteiger partial charge on any atom is -0.493 e. The number of rotatable bonds is 6. The molecule has 6 nitrogen and oxygen atoms in total. The van der Waals surface area contributed by atoms with Crippen molar-refractivity contribution in [1.82, 2.24) is 9.97 Å². The lowest BCUT2D eigenvalue weighted by atomic mass is 10.0. The summed E-state index contributed by atoms with van der Waals surface area (Å²) in [5.41, 5.74) is 1.10. The van der Waals surface area contributed by atoms with Crippen molar-refractivity contribution in [3.05, 3.63) is 35.7 Å². The molecule has 1 aromatic heterocycles. The third kappa shape index (κ3) is 4.36. The zero-order valence-corrected chi connectivity index (χ0v) is 16.1. The van der Waals surface area contributed by atoms with Crippen LogP contribution in [0.25, 0.3) is 0 Å². The fourth-order valence-corrected chi connectivity index (χ4v) is 3.39. The quantitative estimate of drug-likeness (QED) is 0.852. The molecule has 0 radical (unpaired) electrons. The van der Waals surface area contributed by atoms with Crippen LogP contribution in [0, 0.1) is 12.8 Å². The van der Waals surface area contributed by atoms with Crippen LogP contribution < -0.4 is 19.7 Å². The smallest absolute Gasteiger partial charge is 0.161 e. The first kappa shape index (κ1) is 18.3. The van der Waals surface area contributed by atoms with E-state index in [-0.39, 0.29) is 0 Å². The normalized spacial score (nSPS) is 17.1. The van der Waals surface area contributed by atoms with E-state index in [0.29, 0.717) is 12.5 Å². The summed E-state index contributed by atoms with van der Waals surface area (Å²) in [6, 6.07) is 7.97. The van der Waals surface area contributed by atoms with Crippen LogP contribution in [0.2, 0.25) is 0 Å². The van der Waals surface area contributed by atoms with Gasteiger partial charge in [0.25, 0.3) is 0 Å². The highest BCUT2D eigenvalue weighted by Gasteiger charge is 2.18. The van der Waals surface area contributed by atoms with Crippen LogP contribution in [0.5, 0.6) is 11.5 Å². The fourth-order valence-electron chi connectivity index (χ4n) is 3.39. The monoisotopic (exact) mass is 356 g/mol. The number of ether oxygens (including phenoxy) is 2. The van der Waals surface area contributed by atoms with Crippen LogP contribution in [0.15, 0.2) is 24.3 Å². The molecule has 1 N–H and O–H groups in total. The molecule has 0 amide bonds. The van der Waals surface area contributed by atoms with Crippen molar-refractivity contribution in [3.63, 3.8) is 0 Å². The maximum absolute atomic E-state index is 5.37. The van der Waals surface area contributed by atoms with E-state index in [1.54, 1.807) is 14.2 Å². The Bertz CT molecular complexity index is 751. The van der Waals surface area contributed by atoms with Gasteiger partial charge < -0.3 is 19.7 Å². The molecular formula is C20H28N4O2. The largest absolute Gasteiger partial charge is 0.493 e. The number of piperidine rings is 1. The van der Waals surface area contributed by atoms with E-state index >= 15 is 0 Å². The van der Waals surface area contributed by atoms with Gasteiger partial charge in [0.2, 0.25) is 0 Å². The van der Waals surface area contributed by atoms with E-state index in [2.05, 4.69) is 27.1 Å². The number of methoxy groups -OCH3 is 2. The lowest BCUT2D eigenvalue weighted by Crippen LogP contribution is -2.35. The summed E-state index contributed by atoms with van der Waals surface area (Å²) in [6.07, 6.45) is 2.52. The van der Waals surface area contributed by atoms with Crippen molar-refractivity contribution in [3.8, 4) is 11.5 Å². The van der Waals surface area contributed by atoms with Gasteiger partial charge >= 0.3 is 0 Å². The summed E-state index contributed by atoms with van der Waals surface area (Å²) in [6.45, 7) is 7.03. The first-order valence-electron chi connectivity index (χ1n) is 9.14. The number of aryl methyl sites for hydroxylation is 1. The van der Waals surface area contributed by atoms with E-state index in [0.717, 1.165) is 47.6 Å². The SMILES string of the molecule is COc1ccc(CNc2cc(N3CCCC(C)C3)nc(C)n2)cc1OC. The van der Waals surface area contributed by atoms with Crippen molar-refractivity contribution in [2.24, 2.45) is 5.92 Å². The molecule has 1 fully saturated rings. The van der Waals surface area contributed by atoms with Gasteiger partial charge in [0.1, 0.15) is 17.5 Å². The molecule has 2 aromatic rings. The van der Waals surface area contributed by atoms with Gasteiger partial charge in [-0.05, 0) is 43.4 Å². The zero-order chi connectivity index (χ0) is 18.5. The Morgan fingerprint density at radius 2 is 1.96 bits per heavy atom. The molecule has 1 saturated heterocycles. The standard InChI is InChI=1S/C20H28N4O2/c1-14-6-5-9-24(13-14)20-11-19(22-15(2)23-20)21-12-16-7-8-17(25-3)18(10-16)26-4/h7-8,10-11,14H,5-6,9,12-13H2,1-4H3,(H,21,22,23). The van der Waals surface area contributed by atoms with E-state index in [4.69, 9.17) is 9.47 Å². The van der Waals surface area contributed by atoms with Gasteiger partial charge in [-0.15, -0.1) is 0 Å². The van der Waals surface area contributed by atoms with Crippen LogP contribution in [-0.2, 0) is 6.54 Å². The first-order valence-corrected chi connectivity index (χ1v) is 9.14. The van der Waals surface area contributed by atoms with Crippen molar-refractivity contribution in [1.29, 1.82) is 0 Å². The van der Waals surface area contributed by atoms with Crippen LogP contribution in [-0.4, -0.2) is 37.3 Å². The van der Waals surface area contributed by atoms with E-state index in [1.807, 2.05) is 31.2 Å². The molecule has 1 aliphatic heterocycles. The molecule has 3 rings (SSSR count). The Morgan fingerprint density at radius 1 is 1.15 bits per heavy atom. The highest BCUT2D eigenvalue weighted by atomic mass is 16.5. The van der Waals surface area contributed by atoms with Gasteiger partial charge in [-0.2, -0.15) is 0 Å². The van der Waals surface area contributed by atoms with Crippen molar-refractivity contribution in [2.75, 3.05) is 37.5 Å². The third-order valence-electron chi connectivity index (χ3n) is 4.73. The molecule has 0 saturated carbocycles. The van der Waals surface area contributed by atoms with Gasteiger partial charge in [-0.25, -0.2) is 9.97 Å². The molecule has 6 heteroatoms. The van der Waals surface area contributed by atoms with E-state index < -0.39 is 0 Å². The molecule has 0 spiro atoms. The second-order valence-corrected chi connectivity index (χ2v) is 6.89. The lowest BCUT2D eigenvalue weighted by Gasteiger charge is -2.32. The summed E-state index contributed by atoms with van der Waals surface area (Å²) in [5, 5.41) is 3.41. The number of nitrogens with one attached hydrogen (secondary N) is 1. The van der Waals surface area contributed by atoms with Gasteiger partial charge in [0, 0.05) is 25.7 Å². The predicted octanol–water partition coefficient (Wildman–Crippen LogP) is 3.65. The number of hydrogen-bond acceptors (Lipinski definition) is 6. The van der Waals surface area contributed by atoms with Crippen molar-refractivity contribution < 1.29 is 9.47 Å². The average molecular weight is 356 g/mol. The van der Waals surface area contributed by atoms with Gasteiger partial charge in [-0.3, -0.25) is 0 Å². The predicted molar refractivity (Wildman–Crippen MR) is 104 cm³/mol. The summed E-state index contributed by atoms with van der Waals surface area (Å²) < 4.78 is 10.7. The molecule has 140 valence electrons. The second-order valence-electron chi connectivity index (χ2n) is 6.89. The van der Waals surface area contributed by atoms with Crippen molar-refractivity contribution >= 4 is 11.6 Å². The van der Waals surface area contributed by atoms with Crippen LogP contribution in [0.3, 0.4) is 0 Å². The minimum atomic E-state index is 0.659. The molecule has 1 unspecified atom stereocenters. The van der Waals surface area contributed by atoms with Crippen LogP contribution >= 0.6 is 0 Å². The molecule has 2 heterocycles. The highest BCUT2D eigenvalue weighted by Crippen LogP contribution is 2.28.